The van der Waals surface area contributed by atoms with Gasteiger partial charge in [0, 0.05) is 31.6 Å². The first kappa shape index (κ1) is 13.4. The van der Waals surface area contributed by atoms with Crippen LogP contribution in [0.4, 0.5) is 0 Å². The molecule has 18 heavy (non-hydrogen) atoms. The van der Waals surface area contributed by atoms with E-state index in [-0.39, 0.29) is 5.60 Å². The fraction of sp³-hybridized carbons (Fsp3) is 0.714. The van der Waals surface area contributed by atoms with Crippen LogP contribution >= 0.6 is 0 Å². The first-order chi connectivity index (χ1) is 8.70. The molecule has 0 aromatic carbocycles. The van der Waals surface area contributed by atoms with E-state index in [9.17, 15) is 0 Å². The molecule has 0 atom stereocenters. The van der Waals surface area contributed by atoms with Crippen LogP contribution in [0.5, 0.6) is 0 Å². The highest BCUT2D eigenvalue weighted by molar-refractivity contribution is 5.10. The molecule has 1 aromatic heterocycles. The van der Waals surface area contributed by atoms with Crippen molar-refractivity contribution in [2.24, 2.45) is 5.92 Å². The second-order valence-electron chi connectivity index (χ2n) is 5.33. The molecule has 4 nitrogen and oxygen atoms in total. The Morgan fingerprint density at radius 2 is 1.94 bits per heavy atom. The van der Waals surface area contributed by atoms with Crippen molar-refractivity contribution in [2.75, 3.05) is 14.2 Å². The minimum atomic E-state index is -0.259. The Kier molecular flexibility index (Phi) is 4.30. The summed E-state index contributed by atoms with van der Waals surface area (Å²) in [5, 5.41) is 3.10. The maximum Gasteiger partial charge on any atom is 0.160 e. The quantitative estimate of drug-likeness (QED) is 0.889. The van der Waals surface area contributed by atoms with Crippen LogP contribution in [0.15, 0.2) is 12.4 Å². The van der Waals surface area contributed by atoms with Gasteiger partial charge in [0.1, 0.15) is 5.60 Å². The number of rotatable bonds is 4. The zero-order chi connectivity index (χ0) is 13.0. The molecule has 1 fully saturated rings. The van der Waals surface area contributed by atoms with E-state index in [4.69, 9.17) is 4.74 Å². The number of aromatic nitrogens is 2. The Hall–Kier alpha value is -1.00. The first-order valence-electron chi connectivity index (χ1n) is 6.71. The highest BCUT2D eigenvalue weighted by Gasteiger charge is 2.38. The molecule has 100 valence electrons. The molecule has 0 spiro atoms. The van der Waals surface area contributed by atoms with Gasteiger partial charge in [0.05, 0.1) is 0 Å². The molecule has 1 heterocycles. The van der Waals surface area contributed by atoms with Gasteiger partial charge in [0.2, 0.25) is 0 Å². The van der Waals surface area contributed by atoms with Crippen LogP contribution < -0.4 is 5.32 Å². The number of hydrogen-bond acceptors (Lipinski definition) is 4. The largest absolute Gasteiger partial charge is 0.370 e. The molecule has 0 amide bonds. The highest BCUT2D eigenvalue weighted by atomic mass is 16.5. The molecular formula is C14H23N3O. The summed E-state index contributed by atoms with van der Waals surface area (Å²) in [7, 11) is 3.70. The van der Waals surface area contributed by atoms with Gasteiger partial charge < -0.3 is 10.1 Å². The number of ether oxygens (including phenoxy) is 1. The van der Waals surface area contributed by atoms with Gasteiger partial charge in [-0.15, -0.1) is 0 Å². The second kappa shape index (κ2) is 5.76. The van der Waals surface area contributed by atoms with E-state index in [0.29, 0.717) is 0 Å². The monoisotopic (exact) mass is 249 g/mol. The van der Waals surface area contributed by atoms with Crippen LogP contribution in [-0.2, 0) is 16.9 Å². The molecule has 1 N–H and O–H groups in total. The van der Waals surface area contributed by atoms with Crippen molar-refractivity contribution < 1.29 is 4.74 Å². The Morgan fingerprint density at radius 3 is 2.44 bits per heavy atom. The summed E-state index contributed by atoms with van der Waals surface area (Å²) in [6.07, 6.45) is 8.23. The summed E-state index contributed by atoms with van der Waals surface area (Å²) in [4.78, 5) is 9.03. The molecule has 1 aromatic rings. The number of nitrogens with zero attached hydrogens (tertiary/aromatic N) is 2. The van der Waals surface area contributed by atoms with E-state index in [0.717, 1.165) is 36.7 Å². The Bertz CT molecular complexity index is 369. The molecule has 0 aliphatic heterocycles. The second-order valence-corrected chi connectivity index (χ2v) is 5.33. The summed E-state index contributed by atoms with van der Waals surface area (Å²) in [5.41, 5.74) is 0.849. The molecule has 1 saturated carbocycles. The predicted octanol–water partition coefficient (Wildman–Crippen LogP) is 2.25. The average molecular weight is 249 g/mol. The number of methoxy groups -OCH3 is 1. The fourth-order valence-corrected chi connectivity index (χ4v) is 2.63. The molecule has 2 rings (SSSR count). The van der Waals surface area contributed by atoms with E-state index in [2.05, 4.69) is 22.2 Å². The summed E-state index contributed by atoms with van der Waals surface area (Å²) in [5.74, 6) is 1.63. The maximum absolute atomic E-state index is 5.77. The normalized spacial score (nSPS) is 28.3. The lowest BCUT2D eigenvalue weighted by molar-refractivity contribution is -0.0597. The van der Waals surface area contributed by atoms with Gasteiger partial charge in [-0.25, -0.2) is 9.97 Å². The van der Waals surface area contributed by atoms with Gasteiger partial charge in [-0.05, 0) is 38.6 Å². The third kappa shape index (κ3) is 2.70. The average Bonchev–Trinajstić information content (AvgIpc) is 2.42. The van der Waals surface area contributed by atoms with Crippen LogP contribution in [-0.4, -0.2) is 24.1 Å². The summed E-state index contributed by atoms with van der Waals surface area (Å²) >= 11 is 0. The lowest BCUT2D eigenvalue weighted by Gasteiger charge is -2.36. The van der Waals surface area contributed by atoms with Crippen LogP contribution in [0.3, 0.4) is 0 Å². The van der Waals surface area contributed by atoms with Crippen molar-refractivity contribution in [3.05, 3.63) is 23.8 Å². The third-order valence-electron chi connectivity index (χ3n) is 3.97. The topological polar surface area (TPSA) is 47.0 Å². The SMILES string of the molecule is CNCc1cnc(C2(OC)CCC(C)CC2)nc1. The van der Waals surface area contributed by atoms with Gasteiger partial charge in [-0.2, -0.15) is 0 Å². The van der Waals surface area contributed by atoms with Crippen molar-refractivity contribution in [1.82, 2.24) is 15.3 Å². The van der Waals surface area contributed by atoms with Crippen LogP contribution in [0, 0.1) is 5.92 Å². The lowest BCUT2D eigenvalue weighted by Crippen LogP contribution is -2.35. The highest BCUT2D eigenvalue weighted by Crippen LogP contribution is 2.40. The van der Waals surface area contributed by atoms with Crippen LogP contribution in [0.25, 0.3) is 0 Å². The molecule has 0 saturated heterocycles. The van der Waals surface area contributed by atoms with Gasteiger partial charge in [-0.1, -0.05) is 6.92 Å². The minimum Gasteiger partial charge on any atom is -0.370 e. The summed E-state index contributed by atoms with van der Waals surface area (Å²) < 4.78 is 5.77. The van der Waals surface area contributed by atoms with Gasteiger partial charge in [-0.3, -0.25) is 0 Å². The van der Waals surface area contributed by atoms with Crippen molar-refractivity contribution in [3.63, 3.8) is 0 Å². The van der Waals surface area contributed by atoms with Gasteiger partial charge in [0.25, 0.3) is 0 Å². The van der Waals surface area contributed by atoms with E-state index in [1.54, 1.807) is 7.11 Å². The lowest BCUT2D eigenvalue weighted by atomic mass is 9.79. The molecule has 1 aliphatic carbocycles. The molecule has 0 unspecified atom stereocenters. The van der Waals surface area contributed by atoms with Crippen LogP contribution in [0.2, 0.25) is 0 Å². The van der Waals surface area contributed by atoms with Gasteiger partial charge >= 0.3 is 0 Å². The fourth-order valence-electron chi connectivity index (χ4n) is 2.63. The smallest absolute Gasteiger partial charge is 0.160 e. The zero-order valence-electron chi connectivity index (χ0n) is 11.6. The predicted molar refractivity (Wildman–Crippen MR) is 71.1 cm³/mol. The summed E-state index contributed by atoms with van der Waals surface area (Å²) in [6.45, 7) is 3.10. The van der Waals surface area contributed by atoms with E-state index in [1.807, 2.05) is 19.4 Å². The number of nitrogens with one attached hydrogen (secondary N) is 1. The van der Waals surface area contributed by atoms with Crippen molar-refractivity contribution >= 4 is 0 Å². The van der Waals surface area contributed by atoms with E-state index in [1.165, 1.54) is 12.8 Å². The first-order valence-corrected chi connectivity index (χ1v) is 6.71. The van der Waals surface area contributed by atoms with Crippen LogP contribution in [0.1, 0.15) is 44.0 Å². The summed E-state index contributed by atoms with van der Waals surface area (Å²) in [6, 6.07) is 0. The number of hydrogen-bond donors (Lipinski definition) is 1. The van der Waals surface area contributed by atoms with Gasteiger partial charge in [0.15, 0.2) is 5.82 Å². The minimum absolute atomic E-state index is 0.259. The van der Waals surface area contributed by atoms with E-state index >= 15 is 0 Å². The van der Waals surface area contributed by atoms with Crippen molar-refractivity contribution in [2.45, 2.75) is 44.8 Å². The maximum atomic E-state index is 5.77. The molecular weight excluding hydrogens is 226 g/mol. The third-order valence-corrected chi connectivity index (χ3v) is 3.97. The molecule has 0 radical (unpaired) electrons. The van der Waals surface area contributed by atoms with E-state index < -0.39 is 0 Å². The molecule has 4 heteroatoms. The molecule has 1 aliphatic rings. The zero-order valence-corrected chi connectivity index (χ0v) is 11.6. The van der Waals surface area contributed by atoms with Crippen molar-refractivity contribution in [3.8, 4) is 0 Å². The Labute approximate surface area is 109 Å². The molecule has 0 bridgehead atoms. The van der Waals surface area contributed by atoms with Crippen molar-refractivity contribution in [1.29, 1.82) is 0 Å². The Balaban J connectivity index is 2.16. The Morgan fingerprint density at radius 1 is 1.33 bits per heavy atom. The standard InChI is InChI=1S/C14H23N3O/c1-11-4-6-14(18-3,7-5-11)13-16-9-12(8-15-2)10-17-13/h9-11,15H,4-8H2,1-3H3.